The smallest absolute Gasteiger partial charge is 0.338 e. The summed E-state index contributed by atoms with van der Waals surface area (Å²) in [6.45, 7) is 3.63. The van der Waals surface area contributed by atoms with Crippen molar-refractivity contribution in [1.82, 2.24) is 4.57 Å². The summed E-state index contributed by atoms with van der Waals surface area (Å²) in [6.07, 6.45) is 1.72. The number of allylic oxidation sites excluding steroid dienone is 1. The molecular weight excluding hydrogens is 476 g/mol. The van der Waals surface area contributed by atoms with Gasteiger partial charge in [-0.3, -0.25) is 9.36 Å². The quantitative estimate of drug-likeness (QED) is 0.506. The highest BCUT2D eigenvalue weighted by molar-refractivity contribution is 7.07. The van der Waals surface area contributed by atoms with Gasteiger partial charge < -0.3 is 9.47 Å². The highest BCUT2D eigenvalue weighted by Gasteiger charge is 2.34. The molecule has 0 saturated heterocycles. The van der Waals surface area contributed by atoms with Gasteiger partial charge in [0.2, 0.25) is 0 Å². The molecule has 0 spiro atoms. The van der Waals surface area contributed by atoms with Crippen LogP contribution >= 0.6 is 22.9 Å². The van der Waals surface area contributed by atoms with Crippen molar-refractivity contribution in [2.75, 3.05) is 13.7 Å². The number of methoxy groups -OCH3 is 1. The van der Waals surface area contributed by atoms with E-state index >= 15 is 0 Å². The van der Waals surface area contributed by atoms with Crippen molar-refractivity contribution in [3.05, 3.63) is 101 Å². The van der Waals surface area contributed by atoms with Gasteiger partial charge in [-0.05, 0) is 49.2 Å². The molecule has 9 heteroatoms. The number of benzene rings is 2. The van der Waals surface area contributed by atoms with Crippen LogP contribution in [0.25, 0.3) is 6.08 Å². The summed E-state index contributed by atoms with van der Waals surface area (Å²) >= 11 is 7.71. The summed E-state index contributed by atoms with van der Waals surface area (Å²) in [5.41, 5.74) is 2.19. The van der Waals surface area contributed by atoms with Crippen molar-refractivity contribution in [3.8, 4) is 0 Å². The van der Waals surface area contributed by atoms with E-state index in [1.807, 2.05) is 0 Å². The lowest BCUT2D eigenvalue weighted by atomic mass is 9.96. The first-order valence-corrected chi connectivity index (χ1v) is 11.7. The number of esters is 2. The highest BCUT2D eigenvalue weighted by atomic mass is 35.5. The molecule has 0 bridgehead atoms. The number of carbonyl (C=O) groups is 2. The maximum Gasteiger partial charge on any atom is 0.338 e. The van der Waals surface area contributed by atoms with Gasteiger partial charge in [-0.25, -0.2) is 14.6 Å². The van der Waals surface area contributed by atoms with Crippen LogP contribution in [0.2, 0.25) is 5.02 Å². The lowest BCUT2D eigenvalue weighted by Gasteiger charge is -2.25. The number of ether oxygens (including phenoxy) is 2. The number of thiazole rings is 1. The van der Waals surface area contributed by atoms with E-state index in [4.69, 9.17) is 21.1 Å². The second kappa shape index (κ2) is 9.79. The Morgan fingerprint density at radius 3 is 2.50 bits per heavy atom. The van der Waals surface area contributed by atoms with E-state index in [-0.39, 0.29) is 17.7 Å². The normalized spacial score (nSPS) is 15.5. The minimum Gasteiger partial charge on any atom is -0.465 e. The number of nitrogens with zero attached hydrogens (tertiary/aromatic N) is 2. The molecule has 1 atom stereocenters. The molecule has 7 nitrogen and oxygen atoms in total. The zero-order valence-corrected chi connectivity index (χ0v) is 20.3. The molecule has 0 fully saturated rings. The molecule has 2 aromatic carbocycles. The van der Waals surface area contributed by atoms with Gasteiger partial charge in [-0.1, -0.05) is 53.3 Å². The van der Waals surface area contributed by atoms with E-state index in [1.165, 1.54) is 23.0 Å². The molecule has 0 amide bonds. The molecule has 4 rings (SSSR count). The third kappa shape index (κ3) is 4.34. The van der Waals surface area contributed by atoms with E-state index < -0.39 is 18.0 Å². The second-order valence-electron chi connectivity index (χ2n) is 7.44. The third-order valence-electron chi connectivity index (χ3n) is 5.35. The van der Waals surface area contributed by atoms with E-state index in [0.717, 1.165) is 5.56 Å². The third-order valence-corrected chi connectivity index (χ3v) is 6.67. The number of hydrogen-bond donors (Lipinski definition) is 0. The fraction of sp³-hybridized carbons (Fsp3) is 0.200. The topological polar surface area (TPSA) is 87.0 Å². The summed E-state index contributed by atoms with van der Waals surface area (Å²) < 4.78 is 11.9. The first kappa shape index (κ1) is 23.7. The van der Waals surface area contributed by atoms with Crippen molar-refractivity contribution < 1.29 is 19.1 Å². The fourth-order valence-electron chi connectivity index (χ4n) is 3.77. The van der Waals surface area contributed by atoms with Crippen molar-refractivity contribution >= 4 is 41.0 Å². The lowest BCUT2D eigenvalue weighted by Crippen LogP contribution is -2.40. The van der Waals surface area contributed by atoms with Crippen molar-refractivity contribution in [1.29, 1.82) is 0 Å². The molecule has 0 aliphatic carbocycles. The Hall–Kier alpha value is -3.49. The Morgan fingerprint density at radius 2 is 1.85 bits per heavy atom. The van der Waals surface area contributed by atoms with Gasteiger partial charge in [-0.2, -0.15) is 0 Å². The summed E-state index contributed by atoms with van der Waals surface area (Å²) in [5, 5.41) is 0.428. The van der Waals surface area contributed by atoms with Gasteiger partial charge >= 0.3 is 11.9 Å². The number of aromatic nitrogens is 1. The van der Waals surface area contributed by atoms with Gasteiger partial charge in [-0.15, -0.1) is 0 Å². The number of carbonyl (C=O) groups excluding carboxylic acids is 2. The average Bonchev–Trinajstić information content (AvgIpc) is 3.13. The second-order valence-corrected chi connectivity index (χ2v) is 8.85. The Morgan fingerprint density at radius 1 is 1.15 bits per heavy atom. The van der Waals surface area contributed by atoms with Crippen LogP contribution in [0, 0.1) is 0 Å². The minimum absolute atomic E-state index is 0.191. The summed E-state index contributed by atoms with van der Waals surface area (Å²) in [5.74, 6) is -0.978. The zero-order chi connectivity index (χ0) is 24.4. The molecule has 174 valence electrons. The first-order valence-electron chi connectivity index (χ1n) is 10.5. The molecule has 3 aromatic rings. The molecular formula is C25H21ClN2O5S. The van der Waals surface area contributed by atoms with Crippen LogP contribution in [0.5, 0.6) is 0 Å². The minimum atomic E-state index is -0.771. The lowest BCUT2D eigenvalue weighted by molar-refractivity contribution is -0.139. The summed E-state index contributed by atoms with van der Waals surface area (Å²) in [7, 11) is 1.32. The molecule has 0 radical (unpaired) electrons. The summed E-state index contributed by atoms with van der Waals surface area (Å²) in [6, 6.07) is 13.0. The molecule has 2 heterocycles. The predicted molar refractivity (Wildman–Crippen MR) is 130 cm³/mol. The molecule has 1 aliphatic rings. The molecule has 34 heavy (non-hydrogen) atoms. The van der Waals surface area contributed by atoms with Crippen LogP contribution in [0.15, 0.2) is 69.6 Å². The number of rotatable bonds is 5. The van der Waals surface area contributed by atoms with E-state index in [2.05, 4.69) is 4.99 Å². The Labute approximate surface area is 204 Å². The van der Waals surface area contributed by atoms with Crippen LogP contribution in [0.4, 0.5) is 0 Å². The van der Waals surface area contributed by atoms with Crippen LogP contribution in [-0.2, 0) is 14.3 Å². The monoisotopic (exact) mass is 496 g/mol. The maximum absolute atomic E-state index is 13.6. The molecule has 1 aromatic heterocycles. The van der Waals surface area contributed by atoms with Gasteiger partial charge in [0, 0.05) is 5.02 Å². The van der Waals surface area contributed by atoms with Gasteiger partial charge in [0.05, 0.1) is 35.1 Å². The zero-order valence-electron chi connectivity index (χ0n) is 18.7. The highest BCUT2D eigenvalue weighted by Crippen LogP contribution is 2.34. The maximum atomic E-state index is 13.6. The molecule has 1 aliphatic heterocycles. The fourth-order valence-corrected chi connectivity index (χ4v) is 5.05. The molecule has 0 N–H and O–H groups in total. The number of fused-ring (bicyclic) bond motifs is 1. The largest absolute Gasteiger partial charge is 0.465 e. The molecule has 0 unspecified atom stereocenters. The first-order chi connectivity index (χ1) is 16.3. The molecule has 0 saturated carbocycles. The van der Waals surface area contributed by atoms with Gasteiger partial charge in [0.1, 0.15) is 6.04 Å². The van der Waals surface area contributed by atoms with Gasteiger partial charge in [0.25, 0.3) is 5.56 Å². The van der Waals surface area contributed by atoms with E-state index in [1.54, 1.807) is 68.5 Å². The Kier molecular flexibility index (Phi) is 6.81. The van der Waals surface area contributed by atoms with Crippen LogP contribution in [0.3, 0.4) is 0 Å². The SMILES string of the molecule is CCOC(=O)C1=C(C)N=c2s/c(=C\c3ccc(C(=O)OC)cc3)c(=O)n2[C@@H]1c1ccccc1Cl. The van der Waals surface area contributed by atoms with E-state index in [9.17, 15) is 14.4 Å². The van der Waals surface area contributed by atoms with E-state index in [0.29, 0.717) is 31.2 Å². The predicted octanol–water partition coefficient (Wildman–Crippen LogP) is 3.24. The Balaban J connectivity index is 1.90. The summed E-state index contributed by atoms with van der Waals surface area (Å²) in [4.78, 5) is 43.1. The number of hydrogen-bond acceptors (Lipinski definition) is 7. The average molecular weight is 497 g/mol. The van der Waals surface area contributed by atoms with Gasteiger partial charge in [0.15, 0.2) is 4.80 Å². The standard InChI is InChI=1S/C25H21ClN2O5S/c1-4-33-24(31)20-14(2)27-25-28(21(20)17-7-5-6-8-18(17)26)22(29)19(34-25)13-15-9-11-16(12-10-15)23(30)32-3/h5-13,21H,4H2,1-3H3/b19-13-/t21-/m1/s1. The van der Waals surface area contributed by atoms with Crippen molar-refractivity contribution in [2.45, 2.75) is 19.9 Å². The van der Waals surface area contributed by atoms with Crippen molar-refractivity contribution in [3.63, 3.8) is 0 Å². The number of halogens is 1. The Bertz CT molecular complexity index is 1480. The van der Waals surface area contributed by atoms with Crippen LogP contribution in [-0.4, -0.2) is 30.2 Å². The van der Waals surface area contributed by atoms with Crippen LogP contribution in [0.1, 0.15) is 41.4 Å². The van der Waals surface area contributed by atoms with Crippen LogP contribution < -0.4 is 14.9 Å². The van der Waals surface area contributed by atoms with Crippen molar-refractivity contribution in [2.24, 2.45) is 4.99 Å².